The molecule has 0 atom stereocenters. The summed E-state index contributed by atoms with van der Waals surface area (Å²) < 4.78 is 1.80. The molecule has 1 N–H and O–H groups in total. The fourth-order valence-electron chi connectivity index (χ4n) is 3.56. The highest BCUT2D eigenvalue weighted by Gasteiger charge is 2.36. The van der Waals surface area contributed by atoms with E-state index in [2.05, 4.69) is 20.9 Å². The van der Waals surface area contributed by atoms with Crippen LogP contribution in [-0.4, -0.2) is 26.6 Å². The van der Waals surface area contributed by atoms with Gasteiger partial charge in [-0.1, -0.05) is 63.4 Å². The fraction of sp³-hybridized carbons (Fsp3) is 0.182. The Labute approximate surface area is 186 Å². The summed E-state index contributed by atoms with van der Waals surface area (Å²) in [6, 6.07) is 14.3. The number of unbranched alkanes of at least 4 members (excludes halogenated alkanes) is 1. The normalized spacial score (nSPS) is 12.9. The summed E-state index contributed by atoms with van der Waals surface area (Å²) in [4.78, 5) is 17.1. The van der Waals surface area contributed by atoms with Gasteiger partial charge in [0, 0.05) is 27.5 Å². The number of hydrogen-bond acceptors (Lipinski definition) is 2. The summed E-state index contributed by atoms with van der Waals surface area (Å²) >= 11 is 15.5. The number of rotatable bonds is 6. The molecule has 1 aromatic heterocycles. The number of benzene rings is 2. The van der Waals surface area contributed by atoms with Crippen LogP contribution < -0.4 is 0 Å². The molecule has 2 aromatic carbocycles. The molecule has 1 aliphatic rings. The number of carbonyl (C=O) groups is 1. The van der Waals surface area contributed by atoms with E-state index in [0.717, 1.165) is 29.3 Å². The highest BCUT2D eigenvalue weighted by molar-refractivity contribution is 9.09. The summed E-state index contributed by atoms with van der Waals surface area (Å²) in [5, 5.41) is 13.2. The third-order valence-electron chi connectivity index (χ3n) is 4.90. The highest BCUT2D eigenvalue weighted by Crippen LogP contribution is 2.41. The first-order valence-corrected chi connectivity index (χ1v) is 11.1. The smallest absolute Gasteiger partial charge is 0.280 e. The number of hydrogen-bond donors (Lipinski definition) is 1. The van der Waals surface area contributed by atoms with E-state index in [1.807, 2.05) is 12.1 Å². The molecule has 29 heavy (non-hydrogen) atoms. The van der Waals surface area contributed by atoms with Crippen LogP contribution in [0.15, 0.2) is 53.5 Å². The van der Waals surface area contributed by atoms with E-state index in [4.69, 9.17) is 23.2 Å². The van der Waals surface area contributed by atoms with Gasteiger partial charge in [-0.05, 0) is 42.7 Å². The van der Waals surface area contributed by atoms with Gasteiger partial charge in [0.25, 0.3) is 5.91 Å². The van der Waals surface area contributed by atoms with Crippen LogP contribution in [-0.2, 0) is 6.54 Å². The Hall–Kier alpha value is -2.08. The third-order valence-corrected chi connectivity index (χ3v) is 5.97. The van der Waals surface area contributed by atoms with Crippen molar-refractivity contribution in [2.45, 2.75) is 19.4 Å². The van der Waals surface area contributed by atoms with E-state index < -0.39 is 0 Å². The first kappa shape index (κ1) is 20.2. The molecule has 3 aromatic rings. The number of aromatic nitrogens is 1. The second-order valence-electron chi connectivity index (χ2n) is 6.75. The molecule has 4 nitrogen and oxygen atoms in total. The van der Waals surface area contributed by atoms with E-state index in [0.29, 0.717) is 39.1 Å². The second-order valence-corrected chi connectivity index (χ2v) is 8.42. The number of fused-ring (bicyclic) bond motifs is 1. The van der Waals surface area contributed by atoms with Crippen LogP contribution in [0.3, 0.4) is 0 Å². The Morgan fingerprint density at radius 1 is 0.897 bits per heavy atom. The lowest BCUT2D eigenvalue weighted by atomic mass is 10.0. The number of aromatic hydroxyl groups is 1. The van der Waals surface area contributed by atoms with Crippen molar-refractivity contribution >= 4 is 50.8 Å². The van der Waals surface area contributed by atoms with Gasteiger partial charge in [-0.3, -0.25) is 4.79 Å². The number of carbonyl (C=O) groups excluding carboxylic acids is 1. The van der Waals surface area contributed by atoms with Crippen LogP contribution >= 0.6 is 39.1 Å². The maximum atomic E-state index is 12.9. The molecule has 4 rings (SSSR count). The maximum absolute atomic E-state index is 12.9. The maximum Gasteiger partial charge on any atom is 0.280 e. The molecule has 0 bridgehead atoms. The molecule has 0 aliphatic carbocycles. The Morgan fingerprint density at radius 2 is 1.48 bits per heavy atom. The lowest BCUT2D eigenvalue weighted by molar-refractivity contribution is 0.101. The minimum absolute atomic E-state index is 0.0547. The Bertz CT molecular complexity index is 1100. The Balaban J connectivity index is 1.89. The predicted octanol–water partition coefficient (Wildman–Crippen LogP) is 6.33. The van der Waals surface area contributed by atoms with E-state index in [-0.39, 0.29) is 11.8 Å². The van der Waals surface area contributed by atoms with Crippen molar-refractivity contribution in [3.63, 3.8) is 0 Å². The van der Waals surface area contributed by atoms with Crippen molar-refractivity contribution in [1.29, 1.82) is 0 Å². The summed E-state index contributed by atoms with van der Waals surface area (Å²) in [6.07, 6.45) is 1.81. The van der Waals surface area contributed by atoms with Crippen LogP contribution in [0.5, 0.6) is 5.88 Å². The fourth-order valence-corrected chi connectivity index (χ4v) is 4.21. The average molecular weight is 492 g/mol. The molecule has 0 radical (unpaired) electrons. The molecule has 7 heteroatoms. The van der Waals surface area contributed by atoms with Crippen molar-refractivity contribution in [3.8, 4) is 17.1 Å². The molecule has 1 aliphatic heterocycles. The topological polar surface area (TPSA) is 54.6 Å². The van der Waals surface area contributed by atoms with E-state index in [1.165, 1.54) is 0 Å². The van der Waals surface area contributed by atoms with Crippen LogP contribution in [0.4, 0.5) is 0 Å². The lowest BCUT2D eigenvalue weighted by Crippen LogP contribution is -2.04. The SMILES string of the molecule is O=C1N=C(c2ccc(Cl)cc2)c2c1c(-c1ccc(Cl)cc1)n(CCCCBr)c2O. The van der Waals surface area contributed by atoms with Crippen molar-refractivity contribution in [1.82, 2.24) is 4.57 Å². The molecule has 148 valence electrons. The van der Waals surface area contributed by atoms with Gasteiger partial charge in [0.1, 0.15) is 0 Å². The zero-order valence-electron chi connectivity index (χ0n) is 15.3. The molecular weight excluding hydrogens is 475 g/mol. The molecule has 0 spiro atoms. The zero-order chi connectivity index (χ0) is 20.5. The molecule has 2 heterocycles. The Kier molecular flexibility index (Phi) is 5.81. The van der Waals surface area contributed by atoms with Crippen LogP contribution in [0.2, 0.25) is 10.0 Å². The van der Waals surface area contributed by atoms with Gasteiger partial charge in [0.2, 0.25) is 5.88 Å². The minimum Gasteiger partial charge on any atom is -0.494 e. The first-order valence-electron chi connectivity index (χ1n) is 9.18. The van der Waals surface area contributed by atoms with Crippen molar-refractivity contribution in [2.24, 2.45) is 4.99 Å². The van der Waals surface area contributed by atoms with Gasteiger partial charge in [-0.15, -0.1) is 0 Å². The average Bonchev–Trinajstić information content (AvgIpc) is 3.19. The highest BCUT2D eigenvalue weighted by atomic mass is 79.9. The summed E-state index contributed by atoms with van der Waals surface area (Å²) in [6.45, 7) is 0.587. The zero-order valence-corrected chi connectivity index (χ0v) is 18.4. The molecule has 1 amide bonds. The van der Waals surface area contributed by atoms with Gasteiger partial charge in [-0.2, -0.15) is 0 Å². The van der Waals surface area contributed by atoms with E-state index >= 15 is 0 Å². The van der Waals surface area contributed by atoms with Crippen LogP contribution in [0, 0.1) is 0 Å². The quantitative estimate of drug-likeness (QED) is 0.323. The van der Waals surface area contributed by atoms with Crippen molar-refractivity contribution < 1.29 is 9.90 Å². The summed E-state index contributed by atoms with van der Waals surface area (Å²) in [5.41, 5.74) is 3.58. The predicted molar refractivity (Wildman–Crippen MR) is 121 cm³/mol. The lowest BCUT2D eigenvalue weighted by Gasteiger charge is -2.12. The van der Waals surface area contributed by atoms with Crippen molar-refractivity contribution in [3.05, 3.63) is 75.3 Å². The van der Waals surface area contributed by atoms with Crippen LogP contribution in [0.25, 0.3) is 11.3 Å². The number of alkyl halides is 1. The second kappa shape index (κ2) is 8.34. The first-order chi connectivity index (χ1) is 14.0. The van der Waals surface area contributed by atoms with Gasteiger partial charge in [-0.25, -0.2) is 4.99 Å². The number of halogens is 3. The number of amides is 1. The van der Waals surface area contributed by atoms with Gasteiger partial charge < -0.3 is 9.67 Å². The number of aliphatic imine (C=N–C) groups is 1. The standard InChI is InChI=1S/C22H17BrCl2N2O2/c23-11-1-2-12-27-20(14-5-9-16(25)10-6-14)18-17(22(27)29)19(26-21(18)28)13-3-7-15(24)8-4-13/h3-10,29H,1-2,11-12H2. The Morgan fingerprint density at radius 3 is 2.07 bits per heavy atom. The van der Waals surface area contributed by atoms with Crippen molar-refractivity contribution in [2.75, 3.05) is 5.33 Å². The molecular formula is C22H17BrCl2N2O2. The third kappa shape index (κ3) is 3.75. The summed E-state index contributed by atoms with van der Waals surface area (Å²) in [7, 11) is 0. The summed E-state index contributed by atoms with van der Waals surface area (Å²) in [5.74, 6) is -0.302. The number of nitrogens with zero attached hydrogens (tertiary/aromatic N) is 2. The molecule has 0 saturated heterocycles. The largest absolute Gasteiger partial charge is 0.494 e. The monoisotopic (exact) mass is 490 g/mol. The molecule has 0 fully saturated rings. The van der Waals surface area contributed by atoms with Gasteiger partial charge in [0.15, 0.2) is 0 Å². The van der Waals surface area contributed by atoms with Crippen LogP contribution in [0.1, 0.15) is 34.3 Å². The van der Waals surface area contributed by atoms with E-state index in [1.54, 1.807) is 41.0 Å². The molecule has 0 unspecified atom stereocenters. The van der Waals surface area contributed by atoms with Gasteiger partial charge in [0.05, 0.1) is 22.5 Å². The van der Waals surface area contributed by atoms with E-state index in [9.17, 15) is 9.90 Å². The molecule has 0 saturated carbocycles. The van der Waals surface area contributed by atoms with Gasteiger partial charge >= 0.3 is 0 Å². The minimum atomic E-state index is -0.357.